The van der Waals surface area contributed by atoms with E-state index < -0.39 is 0 Å². The van der Waals surface area contributed by atoms with Gasteiger partial charge in [-0.25, -0.2) is 0 Å². The second-order valence-electron chi connectivity index (χ2n) is 5.13. The van der Waals surface area contributed by atoms with Gasteiger partial charge in [-0.2, -0.15) is 0 Å². The highest BCUT2D eigenvalue weighted by Gasteiger charge is 2.12. The van der Waals surface area contributed by atoms with Crippen LogP contribution in [0.2, 0.25) is 0 Å². The van der Waals surface area contributed by atoms with Crippen molar-refractivity contribution < 1.29 is 9.84 Å². The summed E-state index contributed by atoms with van der Waals surface area (Å²) in [5.41, 5.74) is 3.34. The van der Waals surface area contributed by atoms with Crippen molar-refractivity contribution in [3.05, 3.63) is 53.6 Å². The summed E-state index contributed by atoms with van der Waals surface area (Å²) in [5.74, 6) is 1.17. The predicted octanol–water partition coefficient (Wildman–Crippen LogP) is 4.66. The highest BCUT2D eigenvalue weighted by atomic mass is 16.5. The second-order valence-corrected chi connectivity index (χ2v) is 5.13. The topological polar surface area (TPSA) is 41.5 Å². The van der Waals surface area contributed by atoms with Crippen LogP contribution in [-0.4, -0.2) is 11.7 Å². The fourth-order valence-electron chi connectivity index (χ4n) is 2.34. The zero-order valence-electron chi connectivity index (χ0n) is 12.9. The van der Waals surface area contributed by atoms with E-state index in [1.807, 2.05) is 19.1 Å². The number of hydrogen-bond donors (Lipinski definition) is 2. The van der Waals surface area contributed by atoms with Crippen LogP contribution in [0, 0.1) is 6.92 Å². The normalized spacial score (nSPS) is 12.0. The molecule has 0 aliphatic carbocycles. The second kappa shape index (κ2) is 7.02. The molecule has 0 aliphatic rings. The first-order valence-electron chi connectivity index (χ1n) is 7.43. The van der Waals surface area contributed by atoms with E-state index in [1.54, 1.807) is 12.1 Å². The van der Waals surface area contributed by atoms with E-state index in [0.29, 0.717) is 12.4 Å². The van der Waals surface area contributed by atoms with Crippen LogP contribution >= 0.6 is 0 Å². The minimum atomic E-state index is 0.188. The van der Waals surface area contributed by atoms with Gasteiger partial charge in [0.25, 0.3) is 0 Å². The van der Waals surface area contributed by atoms with E-state index in [4.69, 9.17) is 4.74 Å². The number of phenols is 1. The average molecular weight is 285 g/mol. The Hall–Kier alpha value is -2.16. The number of phenolic OH excluding ortho intramolecular Hbond substituents is 1. The first-order valence-corrected chi connectivity index (χ1v) is 7.43. The smallest absolute Gasteiger partial charge is 0.142 e. The van der Waals surface area contributed by atoms with E-state index >= 15 is 0 Å². The van der Waals surface area contributed by atoms with Crippen LogP contribution in [0.15, 0.2) is 42.5 Å². The molecule has 3 heteroatoms. The molecule has 0 aliphatic heterocycles. The SMILES string of the molecule is CCOc1cc(C)ccc1NC(CC)c1ccc(O)cc1. The van der Waals surface area contributed by atoms with Gasteiger partial charge in [0, 0.05) is 0 Å². The Balaban J connectivity index is 2.24. The molecule has 0 bridgehead atoms. The Morgan fingerprint density at radius 3 is 2.43 bits per heavy atom. The van der Waals surface area contributed by atoms with E-state index in [0.717, 1.165) is 23.4 Å². The summed E-state index contributed by atoms with van der Waals surface area (Å²) in [6.07, 6.45) is 0.949. The van der Waals surface area contributed by atoms with Gasteiger partial charge < -0.3 is 15.2 Å². The van der Waals surface area contributed by atoms with Gasteiger partial charge in [-0.3, -0.25) is 0 Å². The van der Waals surface area contributed by atoms with Crippen molar-refractivity contribution in [3.8, 4) is 11.5 Å². The molecule has 0 fully saturated rings. The van der Waals surface area contributed by atoms with Gasteiger partial charge in [0.05, 0.1) is 18.3 Å². The molecule has 1 atom stereocenters. The summed E-state index contributed by atoms with van der Waals surface area (Å²) in [6.45, 7) is 6.83. The van der Waals surface area contributed by atoms with Gasteiger partial charge in [-0.05, 0) is 55.7 Å². The molecule has 3 nitrogen and oxygen atoms in total. The molecule has 112 valence electrons. The molecule has 0 saturated carbocycles. The zero-order chi connectivity index (χ0) is 15.2. The van der Waals surface area contributed by atoms with Crippen molar-refractivity contribution in [3.63, 3.8) is 0 Å². The number of anilines is 1. The number of aryl methyl sites for hydroxylation is 1. The minimum absolute atomic E-state index is 0.188. The maximum Gasteiger partial charge on any atom is 0.142 e. The summed E-state index contributed by atoms with van der Waals surface area (Å²) < 4.78 is 5.72. The Labute approximate surface area is 126 Å². The quantitative estimate of drug-likeness (QED) is 0.811. The third kappa shape index (κ3) is 3.91. The number of rotatable bonds is 6. The average Bonchev–Trinajstić information content (AvgIpc) is 2.48. The summed E-state index contributed by atoms with van der Waals surface area (Å²) in [5, 5.41) is 12.9. The molecule has 0 heterocycles. The summed E-state index contributed by atoms with van der Waals surface area (Å²) in [7, 11) is 0. The molecule has 2 N–H and O–H groups in total. The molecule has 1 unspecified atom stereocenters. The lowest BCUT2D eigenvalue weighted by atomic mass is 10.0. The minimum Gasteiger partial charge on any atom is -0.508 e. The van der Waals surface area contributed by atoms with E-state index in [9.17, 15) is 5.11 Å². The lowest BCUT2D eigenvalue weighted by Gasteiger charge is -2.21. The van der Waals surface area contributed by atoms with Crippen molar-refractivity contribution in [1.82, 2.24) is 0 Å². The Kier molecular flexibility index (Phi) is 5.09. The van der Waals surface area contributed by atoms with Gasteiger partial charge in [0.15, 0.2) is 0 Å². The van der Waals surface area contributed by atoms with Gasteiger partial charge >= 0.3 is 0 Å². The monoisotopic (exact) mass is 285 g/mol. The summed E-state index contributed by atoms with van der Waals surface area (Å²) >= 11 is 0. The first kappa shape index (κ1) is 15.2. The lowest BCUT2D eigenvalue weighted by Crippen LogP contribution is -2.11. The number of aromatic hydroxyl groups is 1. The summed E-state index contributed by atoms with van der Waals surface area (Å²) in [4.78, 5) is 0. The molecule has 2 aromatic carbocycles. The Morgan fingerprint density at radius 2 is 1.81 bits per heavy atom. The maximum atomic E-state index is 9.41. The van der Waals surface area contributed by atoms with Crippen molar-refractivity contribution in [2.75, 3.05) is 11.9 Å². The number of nitrogens with one attached hydrogen (secondary N) is 1. The van der Waals surface area contributed by atoms with Crippen LogP contribution in [0.25, 0.3) is 0 Å². The number of ether oxygens (including phenoxy) is 1. The highest BCUT2D eigenvalue weighted by Crippen LogP contribution is 2.31. The van der Waals surface area contributed by atoms with Crippen molar-refractivity contribution >= 4 is 5.69 Å². The highest BCUT2D eigenvalue weighted by molar-refractivity contribution is 5.59. The molecule has 0 radical (unpaired) electrons. The van der Waals surface area contributed by atoms with Crippen molar-refractivity contribution in [2.24, 2.45) is 0 Å². The Bertz CT molecular complexity index is 578. The fraction of sp³-hybridized carbons (Fsp3) is 0.333. The van der Waals surface area contributed by atoms with Gasteiger partial charge in [0.1, 0.15) is 11.5 Å². The van der Waals surface area contributed by atoms with Gasteiger partial charge in [-0.1, -0.05) is 25.1 Å². The molecule has 2 aromatic rings. The Morgan fingerprint density at radius 1 is 1.10 bits per heavy atom. The molecule has 2 rings (SSSR count). The third-order valence-electron chi connectivity index (χ3n) is 3.47. The molecule has 0 aromatic heterocycles. The fourth-order valence-corrected chi connectivity index (χ4v) is 2.34. The third-order valence-corrected chi connectivity index (χ3v) is 3.47. The molecule has 0 spiro atoms. The molecule has 21 heavy (non-hydrogen) atoms. The van der Waals surface area contributed by atoms with Crippen LogP contribution in [0.4, 0.5) is 5.69 Å². The maximum absolute atomic E-state index is 9.41. The van der Waals surface area contributed by atoms with Crippen molar-refractivity contribution in [2.45, 2.75) is 33.2 Å². The van der Waals surface area contributed by atoms with E-state index in [2.05, 4.69) is 37.4 Å². The molecule has 0 saturated heterocycles. The van der Waals surface area contributed by atoms with Gasteiger partial charge in [-0.15, -0.1) is 0 Å². The number of hydrogen-bond acceptors (Lipinski definition) is 3. The summed E-state index contributed by atoms with van der Waals surface area (Å²) in [6, 6.07) is 13.7. The zero-order valence-corrected chi connectivity index (χ0v) is 12.9. The van der Waals surface area contributed by atoms with Crippen LogP contribution in [0.3, 0.4) is 0 Å². The number of benzene rings is 2. The van der Waals surface area contributed by atoms with Gasteiger partial charge in [0.2, 0.25) is 0 Å². The van der Waals surface area contributed by atoms with E-state index in [1.165, 1.54) is 5.56 Å². The van der Waals surface area contributed by atoms with Crippen LogP contribution < -0.4 is 10.1 Å². The van der Waals surface area contributed by atoms with Crippen molar-refractivity contribution in [1.29, 1.82) is 0 Å². The van der Waals surface area contributed by atoms with Crippen LogP contribution in [0.5, 0.6) is 11.5 Å². The van der Waals surface area contributed by atoms with Crippen LogP contribution in [0.1, 0.15) is 37.4 Å². The molecular formula is C18H23NO2. The largest absolute Gasteiger partial charge is 0.508 e. The van der Waals surface area contributed by atoms with Crippen LogP contribution in [-0.2, 0) is 0 Å². The lowest BCUT2D eigenvalue weighted by molar-refractivity contribution is 0.341. The molecular weight excluding hydrogens is 262 g/mol. The predicted molar refractivity (Wildman–Crippen MR) is 87.1 cm³/mol. The standard InChI is InChI=1S/C18H23NO2/c1-4-16(14-7-9-15(20)10-8-14)19-17-11-6-13(3)12-18(17)21-5-2/h6-12,16,19-20H,4-5H2,1-3H3. The van der Waals surface area contributed by atoms with E-state index in [-0.39, 0.29) is 6.04 Å². The molecule has 0 amide bonds. The first-order chi connectivity index (χ1) is 10.1.